The molecule has 0 amide bonds. The van der Waals surface area contributed by atoms with Gasteiger partial charge in [-0.1, -0.05) is 23.7 Å². The van der Waals surface area contributed by atoms with E-state index in [0.29, 0.717) is 10.7 Å². The van der Waals surface area contributed by atoms with E-state index >= 15 is 0 Å². The summed E-state index contributed by atoms with van der Waals surface area (Å²) in [5.74, 6) is 0.813. The van der Waals surface area contributed by atoms with Crippen molar-refractivity contribution >= 4 is 17.3 Å². The minimum atomic E-state index is 0.654. The Labute approximate surface area is 106 Å². The lowest BCUT2D eigenvalue weighted by atomic mass is 10.0. The molecule has 0 aliphatic carbocycles. The molecular weight excluding hydrogens is 234 g/mol. The van der Waals surface area contributed by atoms with Crippen LogP contribution in [0.2, 0.25) is 5.02 Å². The third-order valence-corrected chi connectivity index (χ3v) is 3.05. The van der Waals surface area contributed by atoms with E-state index in [1.807, 2.05) is 37.3 Å². The van der Waals surface area contributed by atoms with E-state index < -0.39 is 0 Å². The fourth-order valence-corrected chi connectivity index (χ4v) is 1.99. The Balaban J connectivity index is 2.56. The Kier molecular flexibility index (Phi) is 3.25. The molecule has 0 aliphatic rings. The summed E-state index contributed by atoms with van der Waals surface area (Å²) < 4.78 is 5.20. The van der Waals surface area contributed by atoms with E-state index in [1.165, 1.54) is 0 Å². The van der Waals surface area contributed by atoms with Gasteiger partial charge < -0.3 is 10.5 Å². The zero-order valence-electron chi connectivity index (χ0n) is 9.83. The Morgan fingerprint density at radius 2 is 1.94 bits per heavy atom. The molecule has 0 radical (unpaired) electrons. The fourth-order valence-electron chi connectivity index (χ4n) is 1.71. The number of methoxy groups -OCH3 is 1. The van der Waals surface area contributed by atoms with Crippen molar-refractivity contribution in [2.24, 2.45) is 0 Å². The summed E-state index contributed by atoms with van der Waals surface area (Å²) in [5.41, 5.74) is 9.54. The van der Waals surface area contributed by atoms with Gasteiger partial charge in [0.15, 0.2) is 0 Å². The Morgan fingerprint density at radius 1 is 1.18 bits per heavy atom. The van der Waals surface area contributed by atoms with Crippen molar-refractivity contribution in [2.45, 2.75) is 6.92 Å². The SMILES string of the molecule is COc1cccc(-c2cc(C)c(N)cc2Cl)c1. The normalized spacial score (nSPS) is 10.3. The van der Waals surface area contributed by atoms with Gasteiger partial charge >= 0.3 is 0 Å². The van der Waals surface area contributed by atoms with Crippen LogP contribution in [0.25, 0.3) is 11.1 Å². The highest BCUT2D eigenvalue weighted by Crippen LogP contribution is 2.33. The first-order chi connectivity index (χ1) is 8.11. The standard InChI is InChI=1S/C14H14ClNO/c1-9-6-12(13(15)8-14(9)16)10-4-3-5-11(7-10)17-2/h3-8H,16H2,1-2H3. The molecule has 2 aromatic carbocycles. The number of benzene rings is 2. The molecule has 17 heavy (non-hydrogen) atoms. The first kappa shape index (κ1) is 11.8. The van der Waals surface area contributed by atoms with Gasteiger partial charge in [-0.15, -0.1) is 0 Å². The van der Waals surface area contributed by atoms with Crippen molar-refractivity contribution in [1.29, 1.82) is 0 Å². The minimum absolute atomic E-state index is 0.654. The van der Waals surface area contributed by atoms with E-state index in [1.54, 1.807) is 13.2 Å². The lowest BCUT2D eigenvalue weighted by molar-refractivity contribution is 0.415. The summed E-state index contributed by atoms with van der Waals surface area (Å²) in [7, 11) is 1.65. The molecule has 3 heteroatoms. The number of aryl methyl sites for hydroxylation is 1. The number of hydrogen-bond donors (Lipinski definition) is 1. The zero-order valence-corrected chi connectivity index (χ0v) is 10.6. The van der Waals surface area contributed by atoms with Crippen molar-refractivity contribution < 1.29 is 4.74 Å². The maximum Gasteiger partial charge on any atom is 0.119 e. The summed E-state index contributed by atoms with van der Waals surface area (Å²) in [6.45, 7) is 1.97. The fraction of sp³-hybridized carbons (Fsp3) is 0.143. The van der Waals surface area contributed by atoms with Gasteiger partial charge in [0.1, 0.15) is 5.75 Å². The average molecular weight is 248 g/mol. The third kappa shape index (κ3) is 2.37. The topological polar surface area (TPSA) is 35.2 Å². The lowest BCUT2D eigenvalue weighted by Gasteiger charge is -2.09. The molecule has 0 saturated heterocycles. The van der Waals surface area contributed by atoms with E-state index in [0.717, 1.165) is 22.4 Å². The van der Waals surface area contributed by atoms with Crippen LogP contribution in [-0.4, -0.2) is 7.11 Å². The van der Waals surface area contributed by atoms with Crippen molar-refractivity contribution in [3.63, 3.8) is 0 Å². The molecule has 0 bridgehead atoms. The van der Waals surface area contributed by atoms with Crippen LogP contribution < -0.4 is 10.5 Å². The number of nitrogens with two attached hydrogens (primary N) is 1. The number of halogens is 1. The number of nitrogen functional groups attached to an aromatic ring is 1. The van der Waals surface area contributed by atoms with Gasteiger partial charge in [-0.25, -0.2) is 0 Å². The van der Waals surface area contributed by atoms with Crippen LogP contribution in [0.4, 0.5) is 5.69 Å². The van der Waals surface area contributed by atoms with Gasteiger partial charge in [0.2, 0.25) is 0 Å². The Morgan fingerprint density at radius 3 is 2.65 bits per heavy atom. The molecule has 2 rings (SSSR count). The average Bonchev–Trinajstić information content (AvgIpc) is 2.34. The highest BCUT2D eigenvalue weighted by molar-refractivity contribution is 6.33. The minimum Gasteiger partial charge on any atom is -0.497 e. The van der Waals surface area contributed by atoms with Crippen molar-refractivity contribution in [2.75, 3.05) is 12.8 Å². The molecule has 2 nitrogen and oxygen atoms in total. The predicted molar refractivity (Wildman–Crippen MR) is 72.6 cm³/mol. The Bertz CT molecular complexity index is 552. The van der Waals surface area contributed by atoms with Gasteiger partial charge in [-0.3, -0.25) is 0 Å². The molecular formula is C14H14ClNO. The first-order valence-corrected chi connectivity index (χ1v) is 5.69. The number of rotatable bonds is 2. The molecule has 88 valence electrons. The number of ether oxygens (including phenoxy) is 1. The second-order valence-corrected chi connectivity index (χ2v) is 4.33. The van der Waals surface area contributed by atoms with Crippen LogP contribution in [0.1, 0.15) is 5.56 Å². The summed E-state index contributed by atoms with van der Waals surface area (Å²) >= 11 is 6.21. The molecule has 0 heterocycles. The lowest BCUT2D eigenvalue weighted by Crippen LogP contribution is -1.91. The smallest absolute Gasteiger partial charge is 0.119 e. The van der Waals surface area contributed by atoms with Crippen LogP contribution >= 0.6 is 11.6 Å². The molecule has 0 aliphatic heterocycles. The van der Waals surface area contributed by atoms with Crippen LogP contribution in [0.15, 0.2) is 36.4 Å². The van der Waals surface area contributed by atoms with E-state index in [-0.39, 0.29) is 0 Å². The molecule has 0 spiro atoms. The van der Waals surface area contributed by atoms with Gasteiger partial charge in [0.25, 0.3) is 0 Å². The van der Waals surface area contributed by atoms with Gasteiger partial charge in [0.05, 0.1) is 12.1 Å². The molecule has 0 aromatic heterocycles. The summed E-state index contributed by atoms with van der Waals surface area (Å²) in [5, 5.41) is 0.654. The van der Waals surface area contributed by atoms with E-state index in [2.05, 4.69) is 0 Å². The predicted octanol–water partition coefficient (Wildman–Crippen LogP) is 3.91. The number of hydrogen-bond acceptors (Lipinski definition) is 2. The van der Waals surface area contributed by atoms with Gasteiger partial charge in [-0.05, 0) is 42.3 Å². The second kappa shape index (κ2) is 4.68. The van der Waals surface area contributed by atoms with Gasteiger partial charge in [0, 0.05) is 11.3 Å². The highest BCUT2D eigenvalue weighted by atomic mass is 35.5. The van der Waals surface area contributed by atoms with E-state index in [4.69, 9.17) is 22.1 Å². The first-order valence-electron chi connectivity index (χ1n) is 5.32. The molecule has 0 saturated carbocycles. The van der Waals surface area contributed by atoms with Crippen LogP contribution in [-0.2, 0) is 0 Å². The molecule has 0 unspecified atom stereocenters. The zero-order chi connectivity index (χ0) is 12.4. The van der Waals surface area contributed by atoms with Crippen molar-refractivity contribution in [3.05, 3.63) is 47.0 Å². The molecule has 2 N–H and O–H groups in total. The highest BCUT2D eigenvalue weighted by Gasteiger charge is 2.07. The maximum absolute atomic E-state index is 6.21. The van der Waals surface area contributed by atoms with E-state index in [9.17, 15) is 0 Å². The number of anilines is 1. The third-order valence-electron chi connectivity index (χ3n) is 2.74. The molecule has 0 fully saturated rings. The Hall–Kier alpha value is -1.67. The summed E-state index contributed by atoms with van der Waals surface area (Å²) in [6.07, 6.45) is 0. The van der Waals surface area contributed by atoms with Crippen LogP contribution in [0.3, 0.4) is 0 Å². The monoisotopic (exact) mass is 247 g/mol. The van der Waals surface area contributed by atoms with Gasteiger partial charge in [-0.2, -0.15) is 0 Å². The van der Waals surface area contributed by atoms with Crippen LogP contribution in [0.5, 0.6) is 5.75 Å². The quantitative estimate of drug-likeness (QED) is 0.817. The molecule has 0 atom stereocenters. The molecule has 2 aromatic rings. The second-order valence-electron chi connectivity index (χ2n) is 3.92. The largest absolute Gasteiger partial charge is 0.497 e. The summed E-state index contributed by atoms with van der Waals surface area (Å²) in [6, 6.07) is 11.6. The maximum atomic E-state index is 6.21. The summed E-state index contributed by atoms with van der Waals surface area (Å²) in [4.78, 5) is 0. The van der Waals surface area contributed by atoms with Crippen molar-refractivity contribution in [1.82, 2.24) is 0 Å². The van der Waals surface area contributed by atoms with Crippen molar-refractivity contribution in [3.8, 4) is 16.9 Å². The van der Waals surface area contributed by atoms with Crippen LogP contribution in [0, 0.1) is 6.92 Å².